The van der Waals surface area contributed by atoms with E-state index >= 15 is 0 Å². The number of likely N-dealkylation sites (tertiary alicyclic amines) is 1. The molecule has 0 N–H and O–H groups in total. The van der Waals surface area contributed by atoms with Crippen molar-refractivity contribution >= 4 is 0 Å². The summed E-state index contributed by atoms with van der Waals surface area (Å²) in [4.78, 5) is 7.73. The van der Waals surface area contributed by atoms with Crippen LogP contribution in [-0.4, -0.2) is 73.2 Å². The lowest BCUT2D eigenvalue weighted by Gasteiger charge is -2.52. The molecule has 140 valence electrons. The maximum atomic E-state index is 5.98. The van der Waals surface area contributed by atoms with Crippen molar-refractivity contribution < 1.29 is 4.74 Å². The summed E-state index contributed by atoms with van der Waals surface area (Å²) in [6.45, 7) is 11.3. The fourth-order valence-corrected chi connectivity index (χ4v) is 4.22. The standard InChI is InChI=1S/C21H35N3O/c1-5-18(2)25-20-8-6-7-19(15-20)16-24-11-9-21(10-12-24)17-22(3)13-14-23(21)4/h6-8,15,18H,5,9-14,16-17H2,1-4H3. The third-order valence-corrected chi connectivity index (χ3v) is 6.19. The quantitative estimate of drug-likeness (QED) is 0.816. The van der Waals surface area contributed by atoms with Crippen molar-refractivity contribution in [3.63, 3.8) is 0 Å². The molecule has 0 aliphatic carbocycles. The van der Waals surface area contributed by atoms with Crippen LogP contribution in [0.1, 0.15) is 38.7 Å². The van der Waals surface area contributed by atoms with E-state index in [1.54, 1.807) is 0 Å². The number of nitrogens with zero attached hydrogens (tertiary/aromatic N) is 3. The smallest absolute Gasteiger partial charge is 0.120 e. The molecule has 4 heteroatoms. The first kappa shape index (κ1) is 18.7. The van der Waals surface area contributed by atoms with Crippen LogP contribution >= 0.6 is 0 Å². The molecule has 2 saturated heterocycles. The van der Waals surface area contributed by atoms with Crippen molar-refractivity contribution in [1.29, 1.82) is 0 Å². The Balaban J connectivity index is 1.56. The van der Waals surface area contributed by atoms with Crippen molar-refractivity contribution in [3.8, 4) is 5.75 Å². The molecule has 0 bridgehead atoms. The molecule has 2 heterocycles. The zero-order chi connectivity index (χ0) is 17.9. The fraction of sp³-hybridized carbons (Fsp3) is 0.714. The van der Waals surface area contributed by atoms with Crippen LogP contribution in [-0.2, 0) is 6.54 Å². The van der Waals surface area contributed by atoms with E-state index in [2.05, 4.69) is 66.9 Å². The fourth-order valence-electron chi connectivity index (χ4n) is 4.22. The minimum absolute atomic E-state index is 0.281. The maximum absolute atomic E-state index is 5.98. The molecule has 0 saturated carbocycles. The van der Waals surface area contributed by atoms with Crippen LogP contribution in [0, 0.1) is 0 Å². The average molecular weight is 346 g/mol. The molecule has 0 aromatic heterocycles. The van der Waals surface area contributed by atoms with Gasteiger partial charge in [-0.15, -0.1) is 0 Å². The Bertz CT molecular complexity index is 554. The Morgan fingerprint density at radius 3 is 2.60 bits per heavy atom. The first-order valence-corrected chi connectivity index (χ1v) is 9.88. The number of ether oxygens (including phenoxy) is 1. The molecule has 1 unspecified atom stereocenters. The third kappa shape index (κ3) is 4.55. The first-order chi connectivity index (χ1) is 12.0. The van der Waals surface area contributed by atoms with E-state index in [9.17, 15) is 0 Å². The van der Waals surface area contributed by atoms with Gasteiger partial charge in [0.25, 0.3) is 0 Å². The van der Waals surface area contributed by atoms with Gasteiger partial charge >= 0.3 is 0 Å². The minimum atomic E-state index is 0.281. The predicted octanol–water partition coefficient (Wildman–Crippen LogP) is 3.08. The van der Waals surface area contributed by atoms with E-state index in [4.69, 9.17) is 4.74 Å². The van der Waals surface area contributed by atoms with Gasteiger partial charge in [0.2, 0.25) is 0 Å². The van der Waals surface area contributed by atoms with Crippen LogP contribution in [0.4, 0.5) is 0 Å². The van der Waals surface area contributed by atoms with Gasteiger partial charge in [-0.05, 0) is 58.0 Å². The highest BCUT2D eigenvalue weighted by Crippen LogP contribution is 2.31. The molecule has 2 aliphatic heterocycles. The highest BCUT2D eigenvalue weighted by atomic mass is 16.5. The lowest BCUT2D eigenvalue weighted by Crippen LogP contribution is -2.63. The molecule has 2 aliphatic rings. The number of rotatable bonds is 5. The average Bonchev–Trinajstić information content (AvgIpc) is 2.61. The van der Waals surface area contributed by atoms with E-state index in [-0.39, 0.29) is 6.10 Å². The summed E-state index contributed by atoms with van der Waals surface area (Å²) < 4.78 is 5.98. The van der Waals surface area contributed by atoms with Gasteiger partial charge in [0.15, 0.2) is 0 Å². The van der Waals surface area contributed by atoms with Gasteiger partial charge in [-0.25, -0.2) is 0 Å². The summed E-state index contributed by atoms with van der Waals surface area (Å²) in [5, 5.41) is 0. The van der Waals surface area contributed by atoms with Gasteiger partial charge in [-0.2, -0.15) is 0 Å². The number of likely N-dealkylation sites (N-methyl/N-ethyl adjacent to an activating group) is 2. The Morgan fingerprint density at radius 2 is 1.88 bits per heavy atom. The number of piperidine rings is 1. The Kier molecular flexibility index (Phi) is 6.03. The van der Waals surface area contributed by atoms with E-state index in [0.29, 0.717) is 5.54 Å². The van der Waals surface area contributed by atoms with Crippen LogP contribution in [0.25, 0.3) is 0 Å². The second-order valence-corrected chi connectivity index (χ2v) is 8.14. The van der Waals surface area contributed by atoms with E-state index in [1.807, 2.05) is 0 Å². The summed E-state index contributed by atoms with van der Waals surface area (Å²) >= 11 is 0. The largest absolute Gasteiger partial charge is 0.491 e. The van der Waals surface area contributed by atoms with Crippen molar-refractivity contribution in [1.82, 2.24) is 14.7 Å². The summed E-state index contributed by atoms with van der Waals surface area (Å²) in [5.41, 5.74) is 1.76. The molecular weight excluding hydrogens is 310 g/mol. The van der Waals surface area contributed by atoms with Gasteiger partial charge in [0.1, 0.15) is 5.75 Å². The summed E-state index contributed by atoms with van der Waals surface area (Å²) in [7, 11) is 4.59. The molecule has 0 amide bonds. The molecule has 1 aromatic rings. The zero-order valence-electron chi connectivity index (χ0n) is 16.5. The number of benzene rings is 1. The van der Waals surface area contributed by atoms with Crippen LogP contribution in [0.2, 0.25) is 0 Å². The lowest BCUT2D eigenvalue weighted by molar-refractivity contribution is -0.0205. The maximum Gasteiger partial charge on any atom is 0.120 e. The molecule has 1 aromatic carbocycles. The van der Waals surface area contributed by atoms with E-state index in [0.717, 1.165) is 18.7 Å². The Morgan fingerprint density at radius 1 is 1.12 bits per heavy atom. The Hall–Kier alpha value is -1.10. The van der Waals surface area contributed by atoms with Gasteiger partial charge in [-0.1, -0.05) is 19.1 Å². The molecule has 3 rings (SSSR count). The Labute approximate surface area is 153 Å². The van der Waals surface area contributed by atoms with Gasteiger partial charge < -0.3 is 9.64 Å². The molecule has 1 spiro atoms. The third-order valence-electron chi connectivity index (χ3n) is 6.19. The van der Waals surface area contributed by atoms with Crippen molar-refractivity contribution in [2.75, 3.05) is 46.8 Å². The topological polar surface area (TPSA) is 19.0 Å². The zero-order valence-corrected chi connectivity index (χ0v) is 16.5. The minimum Gasteiger partial charge on any atom is -0.491 e. The highest BCUT2D eigenvalue weighted by Gasteiger charge is 2.41. The molecule has 1 atom stereocenters. The summed E-state index contributed by atoms with van der Waals surface area (Å²) in [6.07, 6.45) is 3.87. The highest BCUT2D eigenvalue weighted by molar-refractivity contribution is 5.28. The molecule has 2 fully saturated rings. The van der Waals surface area contributed by atoms with Crippen molar-refractivity contribution in [2.45, 2.75) is 51.3 Å². The first-order valence-electron chi connectivity index (χ1n) is 9.88. The van der Waals surface area contributed by atoms with E-state index in [1.165, 1.54) is 51.1 Å². The van der Waals surface area contributed by atoms with Crippen LogP contribution in [0.3, 0.4) is 0 Å². The number of hydrogen-bond donors (Lipinski definition) is 0. The van der Waals surface area contributed by atoms with Gasteiger partial charge in [0.05, 0.1) is 6.10 Å². The number of piperazine rings is 1. The van der Waals surface area contributed by atoms with Crippen molar-refractivity contribution in [2.24, 2.45) is 0 Å². The van der Waals surface area contributed by atoms with Gasteiger partial charge in [-0.3, -0.25) is 9.80 Å². The predicted molar refractivity (Wildman–Crippen MR) is 104 cm³/mol. The second kappa shape index (κ2) is 8.07. The molecular formula is C21H35N3O. The van der Waals surface area contributed by atoms with Crippen LogP contribution < -0.4 is 4.74 Å². The molecule has 25 heavy (non-hydrogen) atoms. The molecule has 0 radical (unpaired) electrons. The SMILES string of the molecule is CCC(C)Oc1cccc(CN2CCC3(CC2)CN(C)CCN3C)c1. The normalized spacial score (nSPS) is 23.7. The summed E-state index contributed by atoms with van der Waals surface area (Å²) in [5.74, 6) is 1.01. The van der Waals surface area contributed by atoms with Crippen molar-refractivity contribution in [3.05, 3.63) is 29.8 Å². The monoisotopic (exact) mass is 345 g/mol. The number of hydrogen-bond acceptors (Lipinski definition) is 4. The van der Waals surface area contributed by atoms with Crippen LogP contribution in [0.15, 0.2) is 24.3 Å². The second-order valence-electron chi connectivity index (χ2n) is 8.14. The lowest BCUT2D eigenvalue weighted by atomic mass is 9.83. The summed E-state index contributed by atoms with van der Waals surface area (Å²) in [6, 6.07) is 8.65. The van der Waals surface area contributed by atoms with Gasteiger partial charge in [0, 0.05) is 44.8 Å². The van der Waals surface area contributed by atoms with Crippen LogP contribution in [0.5, 0.6) is 5.75 Å². The molecule has 4 nitrogen and oxygen atoms in total. The van der Waals surface area contributed by atoms with E-state index < -0.39 is 0 Å².